The molecule has 1 aliphatic carbocycles. The molecule has 5 heteroatoms. The normalized spacial score (nSPS) is 25.4. The lowest BCUT2D eigenvalue weighted by Crippen LogP contribution is -2.56. The Balaban J connectivity index is 1.49. The molecule has 1 aliphatic heterocycles. The fraction of sp³-hybridized carbons (Fsp3) is 0.393. The summed E-state index contributed by atoms with van der Waals surface area (Å²) in [7, 11) is 1.63. The molecule has 2 aromatic carbocycles. The van der Waals surface area contributed by atoms with E-state index in [9.17, 15) is 9.90 Å². The van der Waals surface area contributed by atoms with Crippen LogP contribution in [0.5, 0.6) is 11.5 Å². The number of likely N-dealkylation sites (tertiary alicyclic amines) is 1. The van der Waals surface area contributed by atoms with Gasteiger partial charge in [-0.15, -0.1) is 6.58 Å². The zero-order chi connectivity index (χ0) is 23.3. The van der Waals surface area contributed by atoms with Crippen LogP contribution in [0, 0.1) is 5.92 Å². The number of amides is 1. The molecule has 1 amide bonds. The molecule has 0 radical (unpaired) electrons. The highest BCUT2D eigenvalue weighted by atomic mass is 16.5. The first kappa shape index (κ1) is 23.1. The van der Waals surface area contributed by atoms with Gasteiger partial charge in [0.05, 0.1) is 7.11 Å². The summed E-state index contributed by atoms with van der Waals surface area (Å²) in [6.45, 7) is 6.83. The number of hydrogen-bond acceptors (Lipinski definition) is 4. The molecular formula is C28H34N2O3. The van der Waals surface area contributed by atoms with Gasteiger partial charge in [-0.1, -0.05) is 30.3 Å². The fourth-order valence-electron chi connectivity index (χ4n) is 5.67. The zero-order valence-corrected chi connectivity index (χ0v) is 19.4. The maximum atomic E-state index is 12.7. The van der Waals surface area contributed by atoms with Crippen molar-refractivity contribution in [3.05, 3.63) is 78.4 Å². The van der Waals surface area contributed by atoms with Crippen molar-refractivity contribution in [1.29, 1.82) is 0 Å². The molecule has 2 fully saturated rings. The lowest BCUT2D eigenvalue weighted by Gasteiger charge is -2.53. The second-order valence-corrected chi connectivity index (χ2v) is 9.30. The predicted octanol–water partition coefficient (Wildman–Crippen LogP) is 4.53. The number of rotatable bonds is 7. The maximum Gasteiger partial charge on any atom is 0.244 e. The molecule has 1 heterocycles. The topological polar surface area (TPSA) is 61.8 Å². The van der Waals surface area contributed by atoms with Gasteiger partial charge in [0.2, 0.25) is 5.91 Å². The van der Waals surface area contributed by atoms with Gasteiger partial charge in [-0.25, -0.2) is 0 Å². The van der Waals surface area contributed by atoms with Crippen molar-refractivity contribution in [3.8, 4) is 11.5 Å². The van der Waals surface area contributed by atoms with Crippen molar-refractivity contribution in [2.45, 2.75) is 37.1 Å². The van der Waals surface area contributed by atoms with Gasteiger partial charge in [-0.05, 0) is 79.6 Å². The number of ether oxygens (including phenoxy) is 1. The van der Waals surface area contributed by atoms with E-state index >= 15 is 0 Å². The number of phenols is 1. The molecule has 2 aliphatic rings. The highest BCUT2D eigenvalue weighted by Crippen LogP contribution is 2.49. The highest BCUT2D eigenvalue weighted by Gasteiger charge is 2.48. The minimum Gasteiger partial charge on any atom is -0.508 e. The quantitative estimate of drug-likeness (QED) is 0.485. The molecule has 0 aromatic heterocycles. The number of fused-ring (bicyclic) bond motifs is 1. The zero-order valence-electron chi connectivity index (χ0n) is 19.4. The Hall–Kier alpha value is -3.05. The molecule has 3 atom stereocenters. The lowest BCUT2D eigenvalue weighted by molar-refractivity contribution is -0.117. The molecule has 0 spiro atoms. The first-order valence-corrected chi connectivity index (χ1v) is 11.8. The Morgan fingerprint density at radius 2 is 2.12 bits per heavy atom. The third kappa shape index (κ3) is 5.31. The monoisotopic (exact) mass is 446 g/mol. The average molecular weight is 447 g/mol. The fourth-order valence-corrected chi connectivity index (χ4v) is 5.67. The van der Waals surface area contributed by atoms with Crippen molar-refractivity contribution in [2.75, 3.05) is 26.7 Å². The van der Waals surface area contributed by atoms with Crippen LogP contribution in [0.2, 0.25) is 0 Å². The number of aromatic hydroxyl groups is 1. The predicted molar refractivity (Wildman–Crippen MR) is 132 cm³/mol. The van der Waals surface area contributed by atoms with Crippen LogP contribution in [0.1, 0.15) is 36.8 Å². The summed E-state index contributed by atoms with van der Waals surface area (Å²) in [5.41, 5.74) is 2.08. The van der Waals surface area contributed by atoms with E-state index in [1.165, 1.54) is 5.56 Å². The third-order valence-electron chi connectivity index (χ3n) is 7.28. The molecule has 2 N–H and O–H groups in total. The molecule has 174 valence electrons. The van der Waals surface area contributed by atoms with Crippen LogP contribution >= 0.6 is 0 Å². The van der Waals surface area contributed by atoms with E-state index in [2.05, 4.69) is 22.9 Å². The van der Waals surface area contributed by atoms with Gasteiger partial charge >= 0.3 is 0 Å². The van der Waals surface area contributed by atoms with Crippen LogP contribution in [-0.4, -0.2) is 48.7 Å². The van der Waals surface area contributed by atoms with E-state index in [0.717, 1.165) is 56.6 Å². The summed E-state index contributed by atoms with van der Waals surface area (Å²) in [5, 5.41) is 13.4. The summed E-state index contributed by atoms with van der Waals surface area (Å²) in [5.74, 6) is 1.50. The van der Waals surface area contributed by atoms with E-state index in [-0.39, 0.29) is 17.4 Å². The van der Waals surface area contributed by atoms with Crippen LogP contribution in [0.3, 0.4) is 0 Å². The Morgan fingerprint density at radius 3 is 2.91 bits per heavy atom. The van der Waals surface area contributed by atoms with Crippen LogP contribution in [0.4, 0.5) is 0 Å². The number of nitrogens with one attached hydrogen (secondary N) is 1. The Kier molecular flexibility index (Phi) is 7.19. The summed E-state index contributed by atoms with van der Waals surface area (Å²) in [6, 6.07) is 15.5. The van der Waals surface area contributed by atoms with Gasteiger partial charge in [0.15, 0.2) is 0 Å². The number of nitrogens with zero attached hydrogens (tertiary/aromatic N) is 1. The molecule has 4 rings (SSSR count). The smallest absolute Gasteiger partial charge is 0.244 e. The van der Waals surface area contributed by atoms with Crippen molar-refractivity contribution in [3.63, 3.8) is 0 Å². The first-order chi connectivity index (χ1) is 16.0. The molecular weight excluding hydrogens is 412 g/mol. The lowest BCUT2D eigenvalue weighted by atomic mass is 9.58. The summed E-state index contributed by atoms with van der Waals surface area (Å²) >= 11 is 0. The number of phenolic OH excluding ortho intramolecular Hbond substituents is 1. The highest BCUT2D eigenvalue weighted by molar-refractivity contribution is 5.92. The largest absolute Gasteiger partial charge is 0.508 e. The summed E-state index contributed by atoms with van der Waals surface area (Å²) < 4.78 is 5.26. The van der Waals surface area contributed by atoms with E-state index in [1.54, 1.807) is 19.3 Å². The molecule has 5 nitrogen and oxygen atoms in total. The van der Waals surface area contributed by atoms with E-state index < -0.39 is 0 Å². The third-order valence-corrected chi connectivity index (χ3v) is 7.28. The number of carbonyl (C=O) groups is 1. The molecule has 1 saturated heterocycles. The van der Waals surface area contributed by atoms with Gasteiger partial charge in [0, 0.05) is 30.6 Å². The number of benzene rings is 2. The number of hydrogen-bond donors (Lipinski definition) is 2. The van der Waals surface area contributed by atoms with E-state index in [1.807, 2.05) is 48.6 Å². The SMILES string of the molecule is C=CCN1CCC2(c3cccc(O)c3)CC(NC(=O)/C=C/c3cccc(OC)c3)CCC2C1. The van der Waals surface area contributed by atoms with Crippen molar-refractivity contribution in [2.24, 2.45) is 5.92 Å². The summed E-state index contributed by atoms with van der Waals surface area (Å²) in [6.07, 6.45) is 9.32. The number of piperidine rings is 1. The van der Waals surface area contributed by atoms with Crippen molar-refractivity contribution < 1.29 is 14.6 Å². The van der Waals surface area contributed by atoms with Gasteiger partial charge < -0.3 is 15.2 Å². The van der Waals surface area contributed by atoms with Crippen molar-refractivity contribution in [1.82, 2.24) is 10.2 Å². The number of carbonyl (C=O) groups excluding carboxylic acids is 1. The standard InChI is InChI=1S/C28H34N2O3/c1-3-15-30-16-14-28(22-7-5-8-25(31)18-22)19-24(12-11-23(28)20-30)29-27(32)13-10-21-6-4-9-26(17-21)33-2/h3-10,13,17-18,23-24,31H,1,11-12,14-16,19-20H2,2H3,(H,29,32)/b13-10+. The van der Waals surface area contributed by atoms with Gasteiger partial charge in [-0.3, -0.25) is 9.69 Å². The average Bonchev–Trinajstić information content (AvgIpc) is 2.83. The minimum absolute atomic E-state index is 0.0386. The van der Waals surface area contributed by atoms with E-state index in [4.69, 9.17) is 4.74 Å². The second-order valence-electron chi connectivity index (χ2n) is 9.30. The minimum atomic E-state index is -0.0728. The summed E-state index contributed by atoms with van der Waals surface area (Å²) in [4.78, 5) is 15.2. The van der Waals surface area contributed by atoms with Gasteiger partial charge in [0.1, 0.15) is 11.5 Å². The first-order valence-electron chi connectivity index (χ1n) is 11.8. The molecule has 2 aromatic rings. The Bertz CT molecular complexity index is 1020. The van der Waals surface area contributed by atoms with Crippen LogP contribution in [0.15, 0.2) is 67.3 Å². The molecule has 3 unspecified atom stereocenters. The van der Waals surface area contributed by atoms with E-state index in [0.29, 0.717) is 11.7 Å². The van der Waals surface area contributed by atoms with Gasteiger partial charge in [0.25, 0.3) is 0 Å². The molecule has 1 saturated carbocycles. The molecule has 0 bridgehead atoms. The van der Waals surface area contributed by atoms with Crippen LogP contribution < -0.4 is 10.1 Å². The van der Waals surface area contributed by atoms with Crippen LogP contribution in [0.25, 0.3) is 6.08 Å². The second kappa shape index (κ2) is 10.3. The van der Waals surface area contributed by atoms with Crippen LogP contribution in [-0.2, 0) is 10.2 Å². The Labute approximate surface area is 196 Å². The Morgan fingerprint density at radius 1 is 1.27 bits per heavy atom. The number of methoxy groups -OCH3 is 1. The van der Waals surface area contributed by atoms with Crippen molar-refractivity contribution >= 4 is 12.0 Å². The molecule has 33 heavy (non-hydrogen) atoms. The van der Waals surface area contributed by atoms with Gasteiger partial charge in [-0.2, -0.15) is 0 Å². The maximum absolute atomic E-state index is 12.7.